The fraction of sp³-hybridized carbons (Fsp3) is 0. The van der Waals surface area contributed by atoms with Crippen molar-refractivity contribution in [2.24, 2.45) is 0 Å². The molecule has 0 bridgehead atoms. The van der Waals surface area contributed by atoms with E-state index in [1.807, 2.05) is 0 Å². The van der Waals surface area contributed by atoms with Gasteiger partial charge in [0.15, 0.2) is 0 Å². The van der Waals surface area contributed by atoms with Crippen LogP contribution in [0.1, 0.15) is 0 Å². The van der Waals surface area contributed by atoms with E-state index in [0.29, 0.717) is 0 Å². The van der Waals surface area contributed by atoms with Crippen molar-refractivity contribution in [2.45, 2.75) is 0 Å². The number of phosphoric acid groups is 1. The second-order valence-electron chi connectivity index (χ2n) is 0.513. The van der Waals surface area contributed by atoms with E-state index >= 15 is 0 Å². The first kappa shape index (κ1) is 22.5. The van der Waals surface area contributed by atoms with Crippen molar-refractivity contribution < 1.29 is 57.6 Å². The molecule has 0 heterocycles. The van der Waals surface area contributed by atoms with Gasteiger partial charge < -0.3 is 14.7 Å². The van der Waals surface area contributed by atoms with E-state index in [9.17, 15) is 0 Å². The molecule has 0 aliphatic heterocycles. The van der Waals surface area contributed by atoms with Crippen molar-refractivity contribution >= 4 is 30.9 Å². The molecule has 0 amide bonds. The topological polar surface area (TPSA) is 77.8 Å². The first-order chi connectivity index (χ1) is 2.00. The molecule has 0 fully saturated rings. The van der Waals surface area contributed by atoms with E-state index in [0.717, 1.165) is 0 Å². The maximum Gasteiger partial charge on any atom is 2.00 e. The third-order valence-corrected chi connectivity index (χ3v) is 0. The minimum absolute atomic E-state index is 0. The van der Waals surface area contributed by atoms with Gasteiger partial charge in [0, 0.05) is 0 Å². The van der Waals surface area contributed by atoms with Crippen molar-refractivity contribution in [3.63, 3.8) is 0 Å². The summed E-state index contributed by atoms with van der Waals surface area (Å²) < 4.78 is 8.88. The van der Waals surface area contributed by atoms with Crippen LogP contribution in [0.3, 0.4) is 0 Å². The second kappa shape index (κ2) is 9.10. The Morgan fingerprint density at radius 2 is 1.12 bits per heavy atom. The van der Waals surface area contributed by atoms with E-state index in [1.54, 1.807) is 0 Å². The van der Waals surface area contributed by atoms with Crippen LogP contribution in [0.15, 0.2) is 0 Å². The van der Waals surface area contributed by atoms with Gasteiger partial charge in [-0.3, -0.25) is 0 Å². The Hall–Kier alpha value is 2.10. The molecule has 0 unspecified atom stereocenters. The summed E-state index contributed by atoms with van der Waals surface area (Å²) in [7, 11) is -4.64. The van der Waals surface area contributed by atoms with Gasteiger partial charge in [-0.05, 0) is 0 Å². The van der Waals surface area contributed by atoms with Gasteiger partial charge in [0.25, 0.3) is 0 Å². The van der Waals surface area contributed by atoms with Crippen molar-refractivity contribution in [2.75, 3.05) is 0 Å². The van der Waals surface area contributed by atoms with Crippen molar-refractivity contribution in [1.29, 1.82) is 0 Å². The Kier molecular flexibility index (Phi) is 25.6. The third-order valence-electron chi connectivity index (χ3n) is 0. The van der Waals surface area contributed by atoms with Gasteiger partial charge in [0.1, 0.15) is 0 Å². The molecule has 0 aromatic carbocycles. The number of hydrogen-bond donors (Lipinski definition) is 3. The predicted molar refractivity (Wildman–Crippen MR) is 20.0 cm³/mol. The molecular weight excluding hydrogens is 192 g/mol. The molecule has 0 saturated carbocycles. The van der Waals surface area contributed by atoms with Crippen LogP contribution in [0.4, 0.5) is 0 Å². The monoisotopic (exact) mass is 193 g/mol. The molecule has 0 saturated heterocycles. The average Bonchev–Trinajstić information content (AvgIpc) is 0.722. The summed E-state index contributed by atoms with van der Waals surface area (Å²) in [5.41, 5.74) is 0. The summed E-state index contributed by atoms with van der Waals surface area (Å²) in [4.78, 5) is 21.6. The molecule has 0 aromatic heterocycles. The van der Waals surface area contributed by atoms with Gasteiger partial charge in [0.2, 0.25) is 0 Å². The fourth-order valence-corrected chi connectivity index (χ4v) is 0. The van der Waals surface area contributed by atoms with Crippen molar-refractivity contribution in [3.05, 3.63) is 0 Å². The Morgan fingerprint density at radius 3 is 1.12 bits per heavy atom. The molecule has 0 aromatic rings. The molecule has 8 heavy (non-hydrogen) atoms. The van der Waals surface area contributed by atoms with E-state index < -0.39 is 7.82 Å². The summed E-state index contributed by atoms with van der Waals surface area (Å²) in [5.74, 6) is 0. The van der Waals surface area contributed by atoms with Crippen molar-refractivity contribution in [3.8, 4) is 0 Å². The smallest absolute Gasteiger partial charge is 0.303 e. The number of hydrogen-bond acceptors (Lipinski definition) is 1. The maximum absolute atomic E-state index is 8.88. The van der Waals surface area contributed by atoms with Crippen LogP contribution in [-0.4, -0.2) is 37.7 Å². The largest absolute Gasteiger partial charge is 2.00 e. The molecular formula is H3LiMgO4PZn+5. The zero-order valence-corrected chi connectivity index (χ0v) is 9.89. The van der Waals surface area contributed by atoms with Crippen LogP contribution in [0.25, 0.3) is 0 Å². The molecule has 3 N–H and O–H groups in total. The quantitative estimate of drug-likeness (QED) is 0.269. The van der Waals surface area contributed by atoms with Crippen LogP contribution in [0, 0.1) is 0 Å². The SMILES string of the molecule is O=P(O)(O)O.[Li+].[Mg+2].[Zn+2]. The van der Waals surface area contributed by atoms with E-state index in [4.69, 9.17) is 19.2 Å². The van der Waals surface area contributed by atoms with Gasteiger partial charge in [-0.25, -0.2) is 4.57 Å². The molecule has 0 radical (unpaired) electrons. The molecule has 0 aliphatic rings. The second-order valence-corrected chi connectivity index (χ2v) is 1.54. The van der Waals surface area contributed by atoms with Crippen LogP contribution < -0.4 is 18.9 Å². The van der Waals surface area contributed by atoms with Crippen molar-refractivity contribution in [1.82, 2.24) is 0 Å². The van der Waals surface area contributed by atoms with E-state index in [1.165, 1.54) is 0 Å². The molecule has 0 aliphatic carbocycles. The van der Waals surface area contributed by atoms with Crippen LogP contribution in [0.2, 0.25) is 0 Å². The molecule has 0 rings (SSSR count). The van der Waals surface area contributed by atoms with Crippen LogP contribution in [-0.2, 0) is 24.0 Å². The Labute approximate surface area is 87.8 Å². The van der Waals surface area contributed by atoms with Gasteiger partial charge in [-0.1, -0.05) is 0 Å². The van der Waals surface area contributed by atoms with Crippen LogP contribution >= 0.6 is 7.82 Å². The summed E-state index contributed by atoms with van der Waals surface area (Å²) in [6, 6.07) is 0. The Balaban J connectivity index is -0.0000000267. The van der Waals surface area contributed by atoms with Crippen LogP contribution in [0.5, 0.6) is 0 Å². The minimum atomic E-state index is -4.64. The zero-order valence-electron chi connectivity index (χ0n) is 4.61. The summed E-state index contributed by atoms with van der Waals surface area (Å²) in [6.07, 6.45) is 0. The average molecular weight is 195 g/mol. The third kappa shape index (κ3) is 92.7. The summed E-state index contributed by atoms with van der Waals surface area (Å²) >= 11 is 0. The predicted octanol–water partition coefficient (Wildman–Crippen LogP) is -4.31. The Bertz CT molecular complexity index is 62.2. The Morgan fingerprint density at radius 1 is 1.12 bits per heavy atom. The molecule has 32 valence electrons. The fourth-order valence-electron chi connectivity index (χ4n) is 0. The first-order valence-electron chi connectivity index (χ1n) is 0.783. The van der Waals surface area contributed by atoms with Gasteiger partial charge >= 0.3 is 69.2 Å². The normalized spacial score (nSPS) is 7.38. The van der Waals surface area contributed by atoms with E-state index in [2.05, 4.69) is 0 Å². The summed E-state index contributed by atoms with van der Waals surface area (Å²) in [5, 5.41) is 0. The summed E-state index contributed by atoms with van der Waals surface area (Å²) in [6.45, 7) is 0. The van der Waals surface area contributed by atoms with Gasteiger partial charge in [-0.15, -0.1) is 0 Å². The molecule has 4 nitrogen and oxygen atoms in total. The standard InChI is InChI=1S/Li.Mg.H3O4P.Zn/c;;1-5(2,3)4;/h;;(H3,1,2,3,4);/q+1;+2;;+2. The minimum Gasteiger partial charge on any atom is -0.303 e. The van der Waals surface area contributed by atoms with Gasteiger partial charge in [-0.2, -0.15) is 0 Å². The van der Waals surface area contributed by atoms with E-state index in [-0.39, 0.29) is 61.4 Å². The zero-order chi connectivity index (χ0) is 4.50. The number of rotatable bonds is 0. The van der Waals surface area contributed by atoms with Gasteiger partial charge in [0.05, 0.1) is 0 Å². The maximum atomic E-state index is 8.88. The molecule has 0 spiro atoms. The molecule has 0 atom stereocenters. The first-order valence-corrected chi connectivity index (χ1v) is 2.35. The molecule has 8 heteroatoms.